The van der Waals surface area contributed by atoms with Gasteiger partial charge in [0.2, 0.25) is 0 Å². The van der Waals surface area contributed by atoms with Gasteiger partial charge in [0.25, 0.3) is 0 Å². The zero-order valence-corrected chi connectivity index (χ0v) is 17.7. The number of aromatic nitrogens is 2. The number of likely N-dealkylation sites (tertiary alicyclic amines) is 1. The zero-order chi connectivity index (χ0) is 17.1. The van der Waals surface area contributed by atoms with E-state index in [9.17, 15) is 0 Å². The molecule has 4 rings (SSSR count). The van der Waals surface area contributed by atoms with Crippen molar-refractivity contribution in [1.29, 1.82) is 0 Å². The van der Waals surface area contributed by atoms with E-state index in [0.717, 1.165) is 31.3 Å². The molecule has 0 atom stereocenters. The highest BCUT2D eigenvalue weighted by Gasteiger charge is 2.41. The minimum absolute atomic E-state index is 0. The number of hydrogen-bond acceptors (Lipinski definition) is 2. The van der Waals surface area contributed by atoms with Crippen LogP contribution < -0.4 is 5.32 Å². The fourth-order valence-electron chi connectivity index (χ4n) is 4.34. The lowest BCUT2D eigenvalue weighted by Gasteiger charge is -2.25. The van der Waals surface area contributed by atoms with Crippen LogP contribution >= 0.6 is 24.0 Å². The van der Waals surface area contributed by atoms with Crippen LogP contribution in [0.5, 0.6) is 0 Å². The molecular weight excluding hydrogens is 437 g/mol. The second kappa shape index (κ2) is 8.41. The van der Waals surface area contributed by atoms with Gasteiger partial charge in [-0.05, 0) is 36.8 Å². The van der Waals surface area contributed by atoms with E-state index in [2.05, 4.69) is 38.6 Å². The first kappa shape index (κ1) is 19.2. The van der Waals surface area contributed by atoms with Crippen LogP contribution in [-0.2, 0) is 6.54 Å². The third-order valence-electron chi connectivity index (χ3n) is 5.72. The van der Waals surface area contributed by atoms with Gasteiger partial charge < -0.3 is 10.2 Å². The van der Waals surface area contributed by atoms with Gasteiger partial charge in [0, 0.05) is 38.4 Å². The number of aliphatic imine (C=N–C) groups is 1. The molecule has 0 unspecified atom stereocenters. The van der Waals surface area contributed by atoms with Crippen molar-refractivity contribution in [2.24, 2.45) is 10.4 Å². The predicted molar refractivity (Wildman–Crippen MR) is 116 cm³/mol. The van der Waals surface area contributed by atoms with Crippen LogP contribution in [0.2, 0.25) is 0 Å². The van der Waals surface area contributed by atoms with E-state index in [4.69, 9.17) is 0 Å². The molecule has 1 aliphatic carbocycles. The first-order valence-corrected chi connectivity index (χ1v) is 9.33. The molecule has 2 fully saturated rings. The molecule has 2 aliphatic rings. The molecule has 0 radical (unpaired) electrons. The Balaban J connectivity index is 0.00000196. The van der Waals surface area contributed by atoms with Gasteiger partial charge in [-0.3, -0.25) is 4.99 Å². The molecule has 140 valence electrons. The lowest BCUT2D eigenvalue weighted by molar-refractivity contribution is 0.309. The van der Waals surface area contributed by atoms with Crippen molar-refractivity contribution >= 4 is 29.9 Å². The highest BCUT2D eigenvalue weighted by Crippen LogP contribution is 2.45. The number of para-hydroxylation sites is 1. The third kappa shape index (κ3) is 4.05. The Kier molecular flexibility index (Phi) is 6.21. The molecule has 5 nitrogen and oxygen atoms in total. The summed E-state index contributed by atoms with van der Waals surface area (Å²) in [6.45, 7) is 3.04. The summed E-state index contributed by atoms with van der Waals surface area (Å²) in [7, 11) is 1.88. The molecule has 1 saturated carbocycles. The Labute approximate surface area is 172 Å². The summed E-state index contributed by atoms with van der Waals surface area (Å²) in [6, 6.07) is 10.2. The first-order chi connectivity index (χ1) is 12.3. The summed E-state index contributed by atoms with van der Waals surface area (Å²) in [5, 5.41) is 7.99. The van der Waals surface area contributed by atoms with Crippen molar-refractivity contribution < 1.29 is 0 Å². The Hall–Kier alpha value is -1.57. The highest BCUT2D eigenvalue weighted by molar-refractivity contribution is 14.0. The number of benzene rings is 1. The average Bonchev–Trinajstić information content (AvgIpc) is 3.39. The number of rotatable bonds is 3. The van der Waals surface area contributed by atoms with Gasteiger partial charge in [0.05, 0.1) is 11.9 Å². The summed E-state index contributed by atoms with van der Waals surface area (Å²) >= 11 is 0. The number of nitrogens with one attached hydrogen (secondary N) is 1. The molecule has 1 saturated heterocycles. The topological polar surface area (TPSA) is 45.5 Å². The minimum atomic E-state index is 0. The van der Waals surface area contributed by atoms with E-state index in [-0.39, 0.29) is 24.0 Å². The molecule has 2 aromatic rings. The molecule has 6 heteroatoms. The summed E-state index contributed by atoms with van der Waals surface area (Å²) in [4.78, 5) is 6.95. The quantitative estimate of drug-likeness (QED) is 0.426. The van der Waals surface area contributed by atoms with Crippen LogP contribution in [0.1, 0.15) is 37.7 Å². The SMILES string of the molecule is CN=C(NCc1cnn(-c2ccccc2)c1)N1CCC2(CCCC2)C1.I. The van der Waals surface area contributed by atoms with Crippen molar-refractivity contribution in [2.45, 2.75) is 38.6 Å². The molecule has 2 heterocycles. The summed E-state index contributed by atoms with van der Waals surface area (Å²) < 4.78 is 1.92. The lowest BCUT2D eigenvalue weighted by Crippen LogP contribution is -2.40. The molecule has 1 aromatic carbocycles. The number of halogens is 1. The van der Waals surface area contributed by atoms with E-state index < -0.39 is 0 Å². The van der Waals surface area contributed by atoms with Gasteiger partial charge in [-0.1, -0.05) is 31.0 Å². The predicted octanol–water partition coefficient (Wildman–Crippen LogP) is 3.83. The standard InChI is InChI=1S/C20H27N5.HI/c1-21-19(24-12-11-20(16-24)9-5-6-10-20)22-13-17-14-23-25(15-17)18-7-3-2-4-8-18;/h2-4,7-8,14-15H,5-6,9-13,16H2,1H3,(H,21,22);1H. The summed E-state index contributed by atoms with van der Waals surface area (Å²) in [5.74, 6) is 1.02. The van der Waals surface area contributed by atoms with Gasteiger partial charge in [0.1, 0.15) is 0 Å². The van der Waals surface area contributed by atoms with E-state index in [1.54, 1.807) is 0 Å². The van der Waals surface area contributed by atoms with Crippen LogP contribution in [0, 0.1) is 5.41 Å². The average molecular weight is 465 g/mol. The Morgan fingerprint density at radius 1 is 1.19 bits per heavy atom. The van der Waals surface area contributed by atoms with Crippen molar-refractivity contribution in [3.05, 3.63) is 48.3 Å². The van der Waals surface area contributed by atoms with Crippen molar-refractivity contribution in [2.75, 3.05) is 20.1 Å². The third-order valence-corrected chi connectivity index (χ3v) is 5.72. The normalized spacial score (nSPS) is 19.0. The zero-order valence-electron chi connectivity index (χ0n) is 15.4. The van der Waals surface area contributed by atoms with Crippen molar-refractivity contribution in [3.8, 4) is 5.69 Å². The maximum Gasteiger partial charge on any atom is 0.193 e. The van der Waals surface area contributed by atoms with Gasteiger partial charge >= 0.3 is 0 Å². The molecule has 26 heavy (non-hydrogen) atoms. The van der Waals surface area contributed by atoms with Crippen molar-refractivity contribution in [1.82, 2.24) is 20.0 Å². The molecule has 1 aromatic heterocycles. The van der Waals surface area contributed by atoms with Crippen molar-refractivity contribution in [3.63, 3.8) is 0 Å². The van der Waals surface area contributed by atoms with Gasteiger partial charge in [-0.15, -0.1) is 24.0 Å². The number of hydrogen-bond donors (Lipinski definition) is 1. The first-order valence-electron chi connectivity index (χ1n) is 9.33. The molecule has 0 bridgehead atoms. The molecule has 1 spiro atoms. The molecule has 1 aliphatic heterocycles. The Morgan fingerprint density at radius 3 is 2.69 bits per heavy atom. The largest absolute Gasteiger partial charge is 0.352 e. The highest BCUT2D eigenvalue weighted by atomic mass is 127. The van der Waals surface area contributed by atoms with Crippen LogP contribution in [0.4, 0.5) is 0 Å². The maximum absolute atomic E-state index is 4.51. The molecular formula is C20H28IN5. The number of nitrogens with zero attached hydrogens (tertiary/aromatic N) is 4. The fourth-order valence-corrected chi connectivity index (χ4v) is 4.34. The van der Waals surface area contributed by atoms with Gasteiger partial charge in [-0.25, -0.2) is 4.68 Å². The van der Waals surface area contributed by atoms with E-state index in [0.29, 0.717) is 5.41 Å². The van der Waals surface area contributed by atoms with Gasteiger partial charge in [0.15, 0.2) is 5.96 Å². The fraction of sp³-hybridized carbons (Fsp3) is 0.500. The summed E-state index contributed by atoms with van der Waals surface area (Å²) in [5.41, 5.74) is 2.82. The van der Waals surface area contributed by atoms with Crippen LogP contribution in [0.3, 0.4) is 0 Å². The second-order valence-corrected chi connectivity index (χ2v) is 7.41. The minimum Gasteiger partial charge on any atom is -0.352 e. The van der Waals surface area contributed by atoms with Crippen LogP contribution in [0.25, 0.3) is 5.69 Å². The van der Waals surface area contributed by atoms with E-state index >= 15 is 0 Å². The summed E-state index contributed by atoms with van der Waals surface area (Å²) in [6.07, 6.45) is 10.9. The second-order valence-electron chi connectivity index (χ2n) is 7.41. The molecule has 1 N–H and O–H groups in total. The number of guanidine groups is 1. The smallest absolute Gasteiger partial charge is 0.193 e. The van der Waals surface area contributed by atoms with Crippen LogP contribution in [-0.4, -0.2) is 40.8 Å². The van der Waals surface area contributed by atoms with E-state index in [1.807, 2.05) is 36.1 Å². The van der Waals surface area contributed by atoms with E-state index in [1.165, 1.54) is 37.7 Å². The monoisotopic (exact) mass is 465 g/mol. The van der Waals surface area contributed by atoms with Gasteiger partial charge in [-0.2, -0.15) is 5.10 Å². The van der Waals surface area contributed by atoms with Crippen LogP contribution in [0.15, 0.2) is 47.7 Å². The lowest BCUT2D eigenvalue weighted by atomic mass is 9.86. The Bertz CT molecular complexity index is 734. The molecule has 0 amide bonds. The Morgan fingerprint density at radius 2 is 1.96 bits per heavy atom. The maximum atomic E-state index is 4.51.